The highest BCUT2D eigenvalue weighted by molar-refractivity contribution is 7.15. The molecule has 0 bridgehead atoms. The van der Waals surface area contributed by atoms with E-state index in [1.165, 1.54) is 11.4 Å². The Bertz CT molecular complexity index is 712. The Kier molecular flexibility index (Phi) is 3.54. The molecule has 0 aromatic carbocycles. The van der Waals surface area contributed by atoms with Gasteiger partial charge >= 0.3 is 0 Å². The summed E-state index contributed by atoms with van der Waals surface area (Å²) in [6.45, 7) is 5.04. The molecule has 0 saturated heterocycles. The molecule has 3 heterocycles. The second-order valence-electron chi connectivity index (χ2n) is 5.11. The van der Waals surface area contributed by atoms with Gasteiger partial charge in [-0.05, 0) is 24.6 Å². The molecule has 3 rings (SSSR count). The molecule has 2 N–H and O–H groups in total. The lowest BCUT2D eigenvalue weighted by atomic mass is 10.1. The van der Waals surface area contributed by atoms with E-state index in [0.717, 1.165) is 22.6 Å². The van der Waals surface area contributed by atoms with Gasteiger partial charge in [-0.3, -0.25) is 9.38 Å². The molecule has 20 heavy (non-hydrogen) atoms. The van der Waals surface area contributed by atoms with Gasteiger partial charge in [0.05, 0.1) is 11.4 Å². The van der Waals surface area contributed by atoms with Crippen molar-refractivity contribution >= 4 is 16.3 Å². The zero-order chi connectivity index (χ0) is 14.1. The molecule has 0 unspecified atom stereocenters. The minimum atomic E-state index is 0.472. The molecule has 0 aliphatic heterocycles. The van der Waals surface area contributed by atoms with Crippen molar-refractivity contribution in [2.24, 2.45) is 5.73 Å². The monoisotopic (exact) mass is 286 g/mol. The summed E-state index contributed by atoms with van der Waals surface area (Å²) >= 11 is 1.69. The Morgan fingerprint density at radius 3 is 2.70 bits per heavy atom. The minimum Gasteiger partial charge on any atom is -0.330 e. The summed E-state index contributed by atoms with van der Waals surface area (Å²) in [5, 5.41) is 2.20. The summed E-state index contributed by atoms with van der Waals surface area (Å²) in [5.74, 6) is 0.472. The summed E-state index contributed by atoms with van der Waals surface area (Å²) < 4.78 is 2.28. The first kappa shape index (κ1) is 13.3. The predicted molar refractivity (Wildman–Crippen MR) is 83.1 cm³/mol. The highest BCUT2D eigenvalue weighted by atomic mass is 32.1. The number of thiazole rings is 1. The predicted octanol–water partition coefficient (Wildman–Crippen LogP) is 3.08. The molecular formula is C15H18N4S. The summed E-state index contributed by atoms with van der Waals surface area (Å²) in [6.07, 6.45) is 4.44. The molecule has 0 spiro atoms. The van der Waals surface area contributed by atoms with E-state index in [1.807, 2.05) is 12.1 Å². The smallest absolute Gasteiger partial charge is 0.194 e. The van der Waals surface area contributed by atoms with Gasteiger partial charge in [0.1, 0.15) is 0 Å². The Hall–Kier alpha value is -1.72. The highest BCUT2D eigenvalue weighted by Gasteiger charge is 2.18. The van der Waals surface area contributed by atoms with E-state index in [4.69, 9.17) is 10.7 Å². The van der Waals surface area contributed by atoms with E-state index in [2.05, 4.69) is 28.6 Å². The molecule has 3 aromatic rings. The first-order valence-electron chi connectivity index (χ1n) is 6.81. The Morgan fingerprint density at radius 2 is 2.05 bits per heavy atom. The zero-order valence-corrected chi connectivity index (χ0v) is 12.5. The fourth-order valence-electron chi connectivity index (χ4n) is 2.44. The van der Waals surface area contributed by atoms with Gasteiger partial charge in [-0.2, -0.15) is 0 Å². The highest BCUT2D eigenvalue weighted by Crippen LogP contribution is 2.31. The van der Waals surface area contributed by atoms with E-state index in [9.17, 15) is 0 Å². The number of imidazole rings is 1. The number of pyridine rings is 1. The zero-order valence-electron chi connectivity index (χ0n) is 11.7. The first-order chi connectivity index (χ1) is 9.72. The van der Waals surface area contributed by atoms with Crippen LogP contribution in [0.1, 0.15) is 31.2 Å². The second-order valence-corrected chi connectivity index (χ2v) is 5.95. The van der Waals surface area contributed by atoms with Crippen LogP contribution < -0.4 is 5.73 Å². The summed E-state index contributed by atoms with van der Waals surface area (Å²) in [5.41, 5.74) is 10.5. The fourth-order valence-corrected chi connectivity index (χ4v) is 3.51. The van der Waals surface area contributed by atoms with E-state index >= 15 is 0 Å². The molecule has 0 radical (unpaired) electrons. The lowest BCUT2D eigenvalue weighted by Crippen LogP contribution is -2.08. The van der Waals surface area contributed by atoms with Crippen LogP contribution in [0.2, 0.25) is 0 Å². The van der Waals surface area contributed by atoms with Crippen LogP contribution in [0.4, 0.5) is 0 Å². The van der Waals surface area contributed by atoms with Crippen LogP contribution in [-0.4, -0.2) is 20.9 Å². The summed E-state index contributed by atoms with van der Waals surface area (Å²) in [6, 6.07) is 4.00. The van der Waals surface area contributed by atoms with Gasteiger partial charge in [-0.1, -0.05) is 13.8 Å². The van der Waals surface area contributed by atoms with Crippen molar-refractivity contribution in [3.8, 4) is 11.3 Å². The van der Waals surface area contributed by atoms with Crippen LogP contribution in [0, 0.1) is 0 Å². The van der Waals surface area contributed by atoms with Crippen molar-refractivity contribution < 1.29 is 0 Å². The van der Waals surface area contributed by atoms with Crippen molar-refractivity contribution in [2.45, 2.75) is 26.2 Å². The number of fused-ring (bicyclic) bond motifs is 1. The third-order valence-electron chi connectivity index (χ3n) is 3.41. The minimum absolute atomic E-state index is 0.472. The quantitative estimate of drug-likeness (QED) is 0.802. The maximum Gasteiger partial charge on any atom is 0.194 e. The van der Waals surface area contributed by atoms with Gasteiger partial charge in [0.15, 0.2) is 4.96 Å². The molecule has 0 atom stereocenters. The van der Waals surface area contributed by atoms with E-state index < -0.39 is 0 Å². The average Bonchev–Trinajstić information content (AvgIpc) is 3.00. The standard InChI is InChI=1S/C15H18N4S/c1-10(2)13-9-20-15-18-14(11-4-7-17-8-5-11)12(3-6-16)19(13)15/h4-5,7-10H,3,6,16H2,1-2H3. The van der Waals surface area contributed by atoms with Gasteiger partial charge in [0, 0.05) is 35.5 Å². The Morgan fingerprint density at radius 1 is 1.30 bits per heavy atom. The molecule has 0 saturated carbocycles. The van der Waals surface area contributed by atoms with Crippen LogP contribution >= 0.6 is 11.3 Å². The lowest BCUT2D eigenvalue weighted by molar-refractivity contribution is 0.786. The molecule has 104 valence electrons. The fraction of sp³-hybridized carbons (Fsp3) is 0.333. The maximum atomic E-state index is 5.80. The first-order valence-corrected chi connectivity index (χ1v) is 7.69. The van der Waals surface area contributed by atoms with E-state index in [1.54, 1.807) is 23.7 Å². The van der Waals surface area contributed by atoms with Crippen LogP contribution in [0.5, 0.6) is 0 Å². The number of hydrogen-bond acceptors (Lipinski definition) is 4. The van der Waals surface area contributed by atoms with Crippen LogP contribution in [0.15, 0.2) is 29.9 Å². The van der Waals surface area contributed by atoms with Crippen LogP contribution in [0.3, 0.4) is 0 Å². The Balaban J connectivity index is 2.25. The van der Waals surface area contributed by atoms with Gasteiger partial charge in [-0.15, -0.1) is 11.3 Å². The summed E-state index contributed by atoms with van der Waals surface area (Å²) in [4.78, 5) is 9.93. The van der Waals surface area contributed by atoms with E-state index in [-0.39, 0.29) is 0 Å². The van der Waals surface area contributed by atoms with Crippen molar-refractivity contribution in [3.63, 3.8) is 0 Å². The number of nitrogens with zero attached hydrogens (tertiary/aromatic N) is 3. The van der Waals surface area contributed by atoms with Gasteiger partial charge in [0.2, 0.25) is 0 Å². The van der Waals surface area contributed by atoms with Crippen molar-refractivity contribution in [3.05, 3.63) is 41.3 Å². The van der Waals surface area contributed by atoms with Crippen molar-refractivity contribution in [1.29, 1.82) is 0 Å². The van der Waals surface area contributed by atoms with Crippen LogP contribution in [-0.2, 0) is 6.42 Å². The largest absolute Gasteiger partial charge is 0.330 e. The lowest BCUT2D eigenvalue weighted by Gasteiger charge is -2.08. The van der Waals surface area contributed by atoms with Crippen molar-refractivity contribution in [2.75, 3.05) is 6.54 Å². The third kappa shape index (κ3) is 2.13. The summed E-state index contributed by atoms with van der Waals surface area (Å²) in [7, 11) is 0. The molecule has 5 heteroatoms. The van der Waals surface area contributed by atoms with Crippen molar-refractivity contribution in [1.82, 2.24) is 14.4 Å². The maximum absolute atomic E-state index is 5.80. The van der Waals surface area contributed by atoms with E-state index in [0.29, 0.717) is 12.5 Å². The number of rotatable bonds is 4. The SMILES string of the molecule is CC(C)c1csc2nc(-c3ccncc3)c(CCN)n12. The van der Waals surface area contributed by atoms with Gasteiger partial charge < -0.3 is 5.73 Å². The molecule has 0 fully saturated rings. The molecule has 0 amide bonds. The normalized spacial score (nSPS) is 11.6. The number of aromatic nitrogens is 3. The van der Waals surface area contributed by atoms with Gasteiger partial charge in [0.25, 0.3) is 0 Å². The number of hydrogen-bond donors (Lipinski definition) is 1. The molecule has 0 aliphatic carbocycles. The molecule has 4 nitrogen and oxygen atoms in total. The van der Waals surface area contributed by atoms with Gasteiger partial charge in [-0.25, -0.2) is 4.98 Å². The Labute approximate surface area is 122 Å². The topological polar surface area (TPSA) is 56.2 Å². The molecular weight excluding hydrogens is 268 g/mol. The second kappa shape index (κ2) is 5.34. The van der Waals surface area contributed by atoms with Crippen LogP contribution in [0.25, 0.3) is 16.2 Å². The number of nitrogens with two attached hydrogens (primary N) is 1. The molecule has 3 aromatic heterocycles. The molecule has 0 aliphatic rings. The third-order valence-corrected chi connectivity index (χ3v) is 4.26. The average molecular weight is 286 g/mol.